The van der Waals surface area contributed by atoms with Gasteiger partial charge >= 0.3 is 51.4 Å². The minimum absolute atomic E-state index is 1.11. The molecule has 0 aliphatic heterocycles. The maximum atomic E-state index is 3.30. The Morgan fingerprint density at radius 2 is 1.47 bits per heavy atom. The molecule has 0 saturated heterocycles. The van der Waals surface area contributed by atoms with Crippen LogP contribution >= 0.6 is 36.7 Å². The molecule has 0 nitrogen and oxygen atoms in total. The second kappa shape index (κ2) is 11.1. The van der Waals surface area contributed by atoms with Crippen molar-refractivity contribution >= 4 is 47.4 Å². The Morgan fingerprint density at radius 1 is 0.842 bits per heavy atom. The zero-order chi connectivity index (χ0) is 13.9. The van der Waals surface area contributed by atoms with Crippen LogP contribution in [0.25, 0.3) is 10.8 Å². The van der Waals surface area contributed by atoms with Gasteiger partial charge in [0.2, 0.25) is 0 Å². The summed E-state index contributed by atoms with van der Waals surface area (Å²) in [5, 5.41) is 2.66. The Labute approximate surface area is 139 Å². The summed E-state index contributed by atoms with van der Waals surface area (Å²) >= 11 is 8.80. The fraction of sp³-hybridized carbons (Fsp3) is 0. The number of benzene rings is 2. The van der Waals surface area contributed by atoms with Crippen molar-refractivity contribution < 1.29 is 14.7 Å². The van der Waals surface area contributed by atoms with Crippen LogP contribution in [0, 0.1) is 6.07 Å². The van der Waals surface area contributed by atoms with E-state index < -0.39 is 14.7 Å². The second-order valence-electron chi connectivity index (χ2n) is 3.45. The minimum atomic E-state index is -1.11. The number of hydrogen-bond acceptors (Lipinski definition) is 0. The van der Waals surface area contributed by atoms with E-state index >= 15 is 0 Å². The van der Waals surface area contributed by atoms with Crippen LogP contribution in [0.3, 0.4) is 0 Å². The third-order valence-electron chi connectivity index (χ3n) is 2.15. The van der Waals surface area contributed by atoms with Crippen molar-refractivity contribution in [3.63, 3.8) is 0 Å². The maximum Gasteiger partial charge on any atom is -0.0809 e. The predicted molar refractivity (Wildman–Crippen MR) is 91.6 cm³/mol. The molecule has 0 amide bonds. The van der Waals surface area contributed by atoms with E-state index in [0.717, 1.165) is 0 Å². The van der Waals surface area contributed by atoms with Crippen molar-refractivity contribution in [2.24, 2.45) is 0 Å². The minimum Gasteiger partial charge on any atom is -0.184 e. The second-order valence-corrected chi connectivity index (χ2v) is 37.5. The third-order valence-corrected chi connectivity index (χ3v) is 2.15. The van der Waals surface area contributed by atoms with Crippen molar-refractivity contribution in [2.45, 2.75) is 0 Å². The Bertz CT molecular complexity index is 490. The van der Waals surface area contributed by atoms with Crippen LogP contribution in [-0.2, 0) is 14.7 Å². The summed E-state index contributed by atoms with van der Waals surface area (Å²) in [7, 11) is 0. The van der Waals surface area contributed by atoms with E-state index in [2.05, 4.69) is 85.2 Å². The Balaban J connectivity index is 0.000000158. The topological polar surface area (TPSA) is 0 Å². The average molecular weight is 523 g/mol. The molecule has 99 valence electrons. The van der Waals surface area contributed by atoms with Gasteiger partial charge in [0.25, 0.3) is 0 Å². The van der Waals surface area contributed by atoms with Crippen LogP contribution in [0.4, 0.5) is 0 Å². The van der Waals surface area contributed by atoms with E-state index in [9.17, 15) is 0 Å². The number of halogens is 3. The van der Waals surface area contributed by atoms with Crippen molar-refractivity contribution in [2.75, 3.05) is 0 Å². The number of fused-ring (bicyclic) bond motifs is 1. The van der Waals surface area contributed by atoms with Gasteiger partial charge in [-0.15, -0.1) is 29.7 Å². The van der Waals surface area contributed by atoms with Crippen molar-refractivity contribution in [1.29, 1.82) is 0 Å². The van der Waals surface area contributed by atoms with Crippen LogP contribution in [0.15, 0.2) is 72.8 Å². The first kappa shape index (κ1) is 17.4. The smallest absolute Gasteiger partial charge is 0.0809 e. The maximum absolute atomic E-state index is 3.30. The van der Waals surface area contributed by atoms with Crippen molar-refractivity contribution in [3.05, 3.63) is 78.9 Å². The van der Waals surface area contributed by atoms with E-state index in [4.69, 9.17) is 0 Å². The van der Waals surface area contributed by atoms with Gasteiger partial charge in [-0.1, -0.05) is 6.07 Å². The van der Waals surface area contributed by atoms with Gasteiger partial charge in [-0.2, -0.15) is 53.9 Å². The molecule has 0 fully saturated rings. The third kappa shape index (κ3) is 9.02. The Morgan fingerprint density at radius 3 is 1.95 bits per heavy atom. The zero-order valence-corrected chi connectivity index (χ0v) is 17.3. The predicted octanol–water partition coefficient (Wildman–Crippen LogP) is 6.58. The van der Waals surface area contributed by atoms with Gasteiger partial charge in [0, 0.05) is 0 Å². The van der Waals surface area contributed by atoms with E-state index in [1.54, 1.807) is 0 Å². The first-order valence-corrected chi connectivity index (χ1v) is 22.4. The standard InChI is InChI=1S/C9H7.C6H5.3BrH.Zr/c1-2-5-9-7-3-6-8(9)4-1;1-2-4-6-5-3-1;;;;/h1-7H;1-5H;3*1H;/q2*-1;;;;+3/p-3. The summed E-state index contributed by atoms with van der Waals surface area (Å²) in [5.74, 6) is 0. The van der Waals surface area contributed by atoms with Gasteiger partial charge in [0.1, 0.15) is 0 Å². The molecule has 0 spiro atoms. The van der Waals surface area contributed by atoms with Crippen molar-refractivity contribution in [3.8, 4) is 0 Å². The Hall–Kier alpha value is 0.373. The van der Waals surface area contributed by atoms with Crippen LogP contribution in [0.2, 0.25) is 0 Å². The molecule has 3 aromatic carbocycles. The average Bonchev–Trinajstić information content (AvgIpc) is 2.89. The summed E-state index contributed by atoms with van der Waals surface area (Å²) in [6.45, 7) is 0. The molecule has 0 heterocycles. The molecule has 0 saturated carbocycles. The quantitative estimate of drug-likeness (QED) is 0.292. The molecule has 0 atom stereocenters. The largest absolute Gasteiger partial charge is 0.184 e. The summed E-state index contributed by atoms with van der Waals surface area (Å²) < 4.78 is 0. The van der Waals surface area contributed by atoms with Gasteiger partial charge in [0.05, 0.1) is 0 Å². The summed E-state index contributed by atoms with van der Waals surface area (Å²) in [6.07, 6.45) is 0. The monoisotopic (exact) mass is 519 g/mol. The summed E-state index contributed by atoms with van der Waals surface area (Å²) in [5.41, 5.74) is 0. The molecule has 0 aromatic heterocycles. The van der Waals surface area contributed by atoms with Gasteiger partial charge < -0.3 is 0 Å². The summed E-state index contributed by atoms with van der Waals surface area (Å²) in [4.78, 5) is 0. The van der Waals surface area contributed by atoms with Crippen LogP contribution < -0.4 is 0 Å². The fourth-order valence-corrected chi connectivity index (χ4v) is 1.41. The van der Waals surface area contributed by atoms with Gasteiger partial charge in [-0.3, -0.25) is 0 Å². The van der Waals surface area contributed by atoms with Gasteiger partial charge in [-0.05, 0) is 0 Å². The number of rotatable bonds is 0. The molecule has 19 heavy (non-hydrogen) atoms. The van der Waals surface area contributed by atoms with Crippen LogP contribution in [0.5, 0.6) is 0 Å². The molecular weight excluding hydrogens is 511 g/mol. The fourth-order valence-electron chi connectivity index (χ4n) is 1.41. The van der Waals surface area contributed by atoms with Crippen molar-refractivity contribution in [1.82, 2.24) is 0 Å². The van der Waals surface area contributed by atoms with Crippen LogP contribution in [0.1, 0.15) is 0 Å². The molecule has 3 aromatic rings. The molecule has 0 aliphatic rings. The number of hydrogen-bond donors (Lipinski definition) is 0. The van der Waals surface area contributed by atoms with E-state index in [1.807, 2.05) is 30.3 Å². The van der Waals surface area contributed by atoms with E-state index in [1.165, 1.54) is 10.8 Å². The first-order chi connectivity index (χ1) is 9.20. The Kier molecular flexibility index (Phi) is 10.2. The van der Waals surface area contributed by atoms with Gasteiger partial charge in [0.15, 0.2) is 0 Å². The molecular formula is C15H12Br3Zr-2. The molecule has 0 bridgehead atoms. The van der Waals surface area contributed by atoms with E-state index in [-0.39, 0.29) is 0 Å². The molecule has 0 aliphatic carbocycles. The van der Waals surface area contributed by atoms with Crippen LogP contribution in [-0.4, -0.2) is 0 Å². The molecule has 0 unspecified atom stereocenters. The van der Waals surface area contributed by atoms with E-state index in [0.29, 0.717) is 0 Å². The normalized spacial score (nSPS) is 8.79. The SMILES string of the molecule is [Br][Zr]([Br])[Br].[c-]1ccccc1.c1ccc2[cH-]ccc2c1. The molecule has 0 N–H and O–H groups in total. The summed E-state index contributed by atoms with van der Waals surface area (Å²) in [6, 6.07) is 27.2. The van der Waals surface area contributed by atoms with Gasteiger partial charge in [-0.25, -0.2) is 0 Å². The first-order valence-electron chi connectivity index (χ1n) is 5.55. The zero-order valence-electron chi connectivity index (χ0n) is 10.1. The molecule has 3 rings (SSSR count). The molecule has 0 radical (unpaired) electrons. The molecule has 4 heteroatoms.